The fourth-order valence-corrected chi connectivity index (χ4v) is 3.89. The van der Waals surface area contributed by atoms with E-state index in [1.807, 2.05) is 35.2 Å². The molecular formula is C20H19N3O2S2. The molecule has 0 spiro atoms. The second-order valence-electron chi connectivity index (χ2n) is 5.82. The normalized spacial score (nSPS) is 11.9. The summed E-state index contributed by atoms with van der Waals surface area (Å²) in [6.07, 6.45) is 1.75. The topological polar surface area (TPSA) is 56.0 Å². The predicted octanol–water partition coefficient (Wildman–Crippen LogP) is 4.42. The number of hydrogen-bond donors (Lipinski definition) is 0. The van der Waals surface area contributed by atoms with Crippen molar-refractivity contribution in [2.45, 2.75) is 6.92 Å². The molecule has 2 heterocycles. The van der Waals surface area contributed by atoms with Gasteiger partial charge in [0.1, 0.15) is 0 Å². The van der Waals surface area contributed by atoms with Gasteiger partial charge in [-0.25, -0.2) is 9.47 Å². The summed E-state index contributed by atoms with van der Waals surface area (Å²) in [5, 5.41) is 8.73. The Labute approximate surface area is 165 Å². The molecule has 0 aliphatic rings. The molecule has 2 aromatic heterocycles. The molecule has 0 fully saturated rings. The SMILES string of the molecule is C=C(C)CN=c1scc(-c2cccs2)n1N=Cc1ccc(C(=O)OC)cc1. The standard InChI is InChI=1S/C20H19N3O2S2/c1-14(2)11-21-20-23(17(13-27-20)18-5-4-10-26-18)22-12-15-6-8-16(9-7-15)19(24)25-3/h4-10,12-13H,1,11H2,2-3H3. The van der Waals surface area contributed by atoms with Crippen molar-refractivity contribution >= 4 is 34.9 Å². The second kappa shape index (κ2) is 8.75. The lowest BCUT2D eigenvalue weighted by atomic mass is 10.1. The molecule has 0 bridgehead atoms. The van der Waals surface area contributed by atoms with Gasteiger partial charge < -0.3 is 4.74 Å². The molecule has 3 rings (SSSR count). The number of rotatable bonds is 6. The summed E-state index contributed by atoms with van der Waals surface area (Å²) < 4.78 is 6.56. The molecule has 27 heavy (non-hydrogen) atoms. The summed E-state index contributed by atoms with van der Waals surface area (Å²) in [7, 11) is 1.37. The summed E-state index contributed by atoms with van der Waals surface area (Å²) >= 11 is 3.21. The van der Waals surface area contributed by atoms with E-state index < -0.39 is 0 Å². The molecule has 0 amide bonds. The van der Waals surface area contributed by atoms with Crippen LogP contribution in [-0.4, -0.2) is 30.5 Å². The van der Waals surface area contributed by atoms with Gasteiger partial charge in [0.15, 0.2) is 0 Å². The van der Waals surface area contributed by atoms with Gasteiger partial charge in [-0.1, -0.05) is 30.4 Å². The van der Waals surface area contributed by atoms with E-state index in [4.69, 9.17) is 4.74 Å². The monoisotopic (exact) mass is 397 g/mol. The first kappa shape index (κ1) is 19.0. The first-order valence-corrected chi connectivity index (χ1v) is 9.96. The van der Waals surface area contributed by atoms with Gasteiger partial charge in [-0.3, -0.25) is 4.99 Å². The van der Waals surface area contributed by atoms with E-state index in [1.54, 1.807) is 41.0 Å². The van der Waals surface area contributed by atoms with Crippen LogP contribution in [0.1, 0.15) is 22.8 Å². The minimum Gasteiger partial charge on any atom is -0.465 e. The van der Waals surface area contributed by atoms with Crippen LogP contribution in [0, 0.1) is 0 Å². The number of benzene rings is 1. The van der Waals surface area contributed by atoms with Crippen LogP contribution in [0.4, 0.5) is 0 Å². The number of hydrogen-bond acceptors (Lipinski definition) is 6. The van der Waals surface area contributed by atoms with Crippen molar-refractivity contribution in [1.82, 2.24) is 4.68 Å². The zero-order valence-electron chi connectivity index (χ0n) is 15.1. The van der Waals surface area contributed by atoms with Gasteiger partial charge in [0.05, 0.1) is 36.0 Å². The van der Waals surface area contributed by atoms with Crippen LogP contribution in [0.15, 0.2) is 69.4 Å². The van der Waals surface area contributed by atoms with Crippen molar-refractivity contribution in [3.63, 3.8) is 0 Å². The average molecular weight is 398 g/mol. The number of carbonyl (C=O) groups excluding carboxylic acids is 1. The molecule has 0 aliphatic heterocycles. The Morgan fingerprint density at radius 2 is 2.04 bits per heavy atom. The van der Waals surface area contributed by atoms with Gasteiger partial charge in [-0.15, -0.1) is 22.7 Å². The number of ether oxygens (including phenoxy) is 1. The van der Waals surface area contributed by atoms with Crippen LogP contribution in [0.3, 0.4) is 0 Å². The number of thiophene rings is 1. The maximum Gasteiger partial charge on any atom is 0.337 e. The Morgan fingerprint density at radius 3 is 2.67 bits per heavy atom. The van der Waals surface area contributed by atoms with Crippen molar-refractivity contribution in [2.24, 2.45) is 10.1 Å². The van der Waals surface area contributed by atoms with Gasteiger partial charge in [0.25, 0.3) is 0 Å². The molecule has 0 atom stereocenters. The maximum absolute atomic E-state index is 11.5. The zero-order chi connectivity index (χ0) is 19.2. The first-order chi connectivity index (χ1) is 13.1. The molecule has 0 N–H and O–H groups in total. The van der Waals surface area contributed by atoms with Crippen molar-refractivity contribution in [3.8, 4) is 10.6 Å². The Balaban J connectivity index is 1.95. The third-order valence-corrected chi connectivity index (χ3v) is 5.34. The van der Waals surface area contributed by atoms with Crippen molar-refractivity contribution in [3.05, 3.63) is 75.2 Å². The van der Waals surface area contributed by atoms with E-state index in [0.717, 1.165) is 26.5 Å². The van der Waals surface area contributed by atoms with Gasteiger partial charge in [-0.05, 0) is 36.1 Å². The van der Waals surface area contributed by atoms with Crippen LogP contribution in [0.2, 0.25) is 0 Å². The van der Waals surface area contributed by atoms with Crippen LogP contribution in [-0.2, 0) is 4.74 Å². The fourth-order valence-electron chi connectivity index (χ4n) is 2.26. The lowest BCUT2D eigenvalue weighted by Crippen LogP contribution is -2.12. The summed E-state index contributed by atoms with van der Waals surface area (Å²) in [6.45, 7) is 6.42. The lowest BCUT2D eigenvalue weighted by molar-refractivity contribution is 0.0600. The Morgan fingerprint density at radius 1 is 1.26 bits per heavy atom. The molecule has 0 saturated carbocycles. The summed E-state index contributed by atoms with van der Waals surface area (Å²) in [5.41, 5.74) is 3.38. The maximum atomic E-state index is 11.5. The molecule has 5 nitrogen and oxygen atoms in total. The lowest BCUT2D eigenvalue weighted by Gasteiger charge is -2.02. The molecule has 138 valence electrons. The summed E-state index contributed by atoms with van der Waals surface area (Å²) in [4.78, 5) is 18.1. The van der Waals surface area contributed by atoms with E-state index in [2.05, 4.69) is 28.1 Å². The van der Waals surface area contributed by atoms with Gasteiger partial charge in [0, 0.05) is 5.38 Å². The highest BCUT2D eigenvalue weighted by atomic mass is 32.1. The quantitative estimate of drug-likeness (QED) is 0.351. The molecule has 0 radical (unpaired) electrons. The smallest absolute Gasteiger partial charge is 0.337 e. The molecule has 0 saturated heterocycles. The van der Waals surface area contributed by atoms with Crippen LogP contribution < -0.4 is 4.80 Å². The number of esters is 1. The van der Waals surface area contributed by atoms with E-state index >= 15 is 0 Å². The highest BCUT2D eigenvalue weighted by Crippen LogP contribution is 2.25. The molecule has 7 heteroatoms. The first-order valence-electron chi connectivity index (χ1n) is 8.20. The molecule has 3 aromatic rings. The van der Waals surface area contributed by atoms with E-state index in [0.29, 0.717) is 12.1 Å². The van der Waals surface area contributed by atoms with Crippen molar-refractivity contribution in [2.75, 3.05) is 13.7 Å². The number of thiazole rings is 1. The zero-order valence-corrected chi connectivity index (χ0v) is 16.7. The predicted molar refractivity (Wildman–Crippen MR) is 112 cm³/mol. The Hall–Kier alpha value is -2.77. The Bertz CT molecular complexity index is 1030. The number of aromatic nitrogens is 1. The van der Waals surface area contributed by atoms with E-state index in [1.165, 1.54) is 7.11 Å². The van der Waals surface area contributed by atoms with Crippen molar-refractivity contribution < 1.29 is 9.53 Å². The minimum absolute atomic E-state index is 0.355. The Kier molecular flexibility index (Phi) is 6.16. The largest absolute Gasteiger partial charge is 0.465 e. The molecule has 0 unspecified atom stereocenters. The number of nitrogens with zero attached hydrogens (tertiary/aromatic N) is 3. The second-order valence-corrected chi connectivity index (χ2v) is 7.61. The van der Waals surface area contributed by atoms with Crippen LogP contribution >= 0.6 is 22.7 Å². The number of methoxy groups -OCH3 is 1. The molecule has 0 aliphatic carbocycles. The number of carbonyl (C=O) groups is 1. The van der Waals surface area contributed by atoms with Crippen LogP contribution in [0.25, 0.3) is 10.6 Å². The van der Waals surface area contributed by atoms with Crippen molar-refractivity contribution in [1.29, 1.82) is 0 Å². The fraction of sp³-hybridized carbons (Fsp3) is 0.150. The average Bonchev–Trinajstić information content (AvgIpc) is 3.33. The minimum atomic E-state index is -0.355. The van der Waals surface area contributed by atoms with Gasteiger partial charge in [0.2, 0.25) is 4.80 Å². The highest BCUT2D eigenvalue weighted by Gasteiger charge is 2.08. The van der Waals surface area contributed by atoms with Gasteiger partial charge in [-0.2, -0.15) is 5.10 Å². The third-order valence-electron chi connectivity index (χ3n) is 3.60. The molecular weight excluding hydrogens is 378 g/mol. The highest BCUT2D eigenvalue weighted by molar-refractivity contribution is 7.14. The summed E-state index contributed by atoms with van der Waals surface area (Å²) in [6, 6.07) is 11.2. The third kappa shape index (κ3) is 4.69. The van der Waals surface area contributed by atoms with E-state index in [9.17, 15) is 4.79 Å². The van der Waals surface area contributed by atoms with Gasteiger partial charge >= 0.3 is 5.97 Å². The molecule has 1 aromatic carbocycles. The summed E-state index contributed by atoms with van der Waals surface area (Å²) in [5.74, 6) is -0.355. The van der Waals surface area contributed by atoms with E-state index in [-0.39, 0.29) is 5.97 Å². The van der Waals surface area contributed by atoms with Crippen LogP contribution in [0.5, 0.6) is 0 Å².